The van der Waals surface area contributed by atoms with E-state index < -0.39 is 5.82 Å². The third-order valence-corrected chi connectivity index (χ3v) is 4.84. The van der Waals surface area contributed by atoms with Crippen molar-refractivity contribution in [1.82, 2.24) is 24.7 Å². The number of hydrogen-bond acceptors (Lipinski definition) is 6. The zero-order valence-corrected chi connectivity index (χ0v) is 18.7. The third-order valence-electron chi connectivity index (χ3n) is 4.84. The average molecular weight is 439 g/mol. The predicted octanol–water partition coefficient (Wildman–Crippen LogP) is 2.86. The maximum atomic E-state index is 14.0. The number of ether oxygens (including phenoxy) is 1. The first-order valence-electron chi connectivity index (χ1n) is 9.98. The molecule has 0 aliphatic rings. The summed E-state index contributed by atoms with van der Waals surface area (Å²) in [5.41, 5.74) is 5.59. The normalized spacial score (nSPS) is 11.6. The molecule has 0 fully saturated rings. The molecule has 0 saturated heterocycles. The number of halogens is 1. The largest absolute Gasteiger partial charge is 0.497 e. The molecule has 0 atom stereocenters. The topological polar surface area (TPSA) is 76.7 Å². The summed E-state index contributed by atoms with van der Waals surface area (Å²) in [6, 6.07) is 11.9. The molecule has 0 spiro atoms. The highest BCUT2D eigenvalue weighted by Gasteiger charge is 2.16. The second kappa shape index (κ2) is 10.1. The van der Waals surface area contributed by atoms with Gasteiger partial charge in [-0.15, -0.1) is 5.10 Å². The molecule has 0 radical (unpaired) electrons. The van der Waals surface area contributed by atoms with Crippen molar-refractivity contribution in [2.24, 2.45) is 5.10 Å². The van der Waals surface area contributed by atoms with Gasteiger partial charge in [-0.1, -0.05) is 12.1 Å². The molecule has 0 aliphatic carbocycles. The van der Waals surface area contributed by atoms with E-state index in [1.165, 1.54) is 23.9 Å². The van der Waals surface area contributed by atoms with Gasteiger partial charge in [0.15, 0.2) is 0 Å². The average Bonchev–Trinajstić information content (AvgIpc) is 3.06. The van der Waals surface area contributed by atoms with Crippen LogP contribution in [0.2, 0.25) is 0 Å². The molecule has 3 rings (SSSR count). The van der Waals surface area contributed by atoms with Gasteiger partial charge in [-0.25, -0.2) is 9.18 Å². The quantitative estimate of drug-likeness (QED) is 0.411. The summed E-state index contributed by atoms with van der Waals surface area (Å²) in [6.07, 6.45) is 1.74. The Hall–Kier alpha value is -3.72. The highest BCUT2D eigenvalue weighted by atomic mass is 19.1. The molecule has 8 nitrogen and oxygen atoms in total. The zero-order valence-electron chi connectivity index (χ0n) is 18.7. The Morgan fingerprint density at radius 1 is 1.28 bits per heavy atom. The van der Waals surface area contributed by atoms with E-state index in [0.29, 0.717) is 29.4 Å². The van der Waals surface area contributed by atoms with Gasteiger partial charge in [0.1, 0.15) is 17.4 Å². The molecule has 0 aliphatic heterocycles. The fourth-order valence-corrected chi connectivity index (χ4v) is 3.27. The van der Waals surface area contributed by atoms with Crippen molar-refractivity contribution in [3.05, 3.63) is 81.9 Å². The van der Waals surface area contributed by atoms with Crippen LogP contribution in [-0.2, 0) is 13.1 Å². The van der Waals surface area contributed by atoms with E-state index in [2.05, 4.69) is 22.3 Å². The molecule has 0 bridgehead atoms. The van der Waals surface area contributed by atoms with Crippen LogP contribution in [0.25, 0.3) is 11.3 Å². The highest BCUT2D eigenvalue weighted by molar-refractivity contribution is 5.64. The first kappa shape index (κ1) is 23.0. The Balaban J connectivity index is 2.00. The van der Waals surface area contributed by atoms with Gasteiger partial charge in [0.05, 0.1) is 25.9 Å². The van der Waals surface area contributed by atoms with Gasteiger partial charge >= 0.3 is 5.69 Å². The number of hydrazone groups is 1. The lowest BCUT2D eigenvalue weighted by Gasteiger charge is -2.11. The molecule has 3 aromatic rings. The maximum Gasteiger partial charge on any atom is 0.351 e. The summed E-state index contributed by atoms with van der Waals surface area (Å²) in [7, 11) is 5.27. The number of benzene rings is 2. The minimum Gasteiger partial charge on any atom is -0.497 e. The van der Waals surface area contributed by atoms with Crippen molar-refractivity contribution in [1.29, 1.82) is 0 Å². The van der Waals surface area contributed by atoms with E-state index >= 15 is 0 Å². The van der Waals surface area contributed by atoms with Gasteiger partial charge < -0.3 is 9.64 Å². The van der Waals surface area contributed by atoms with Crippen molar-refractivity contribution in [2.45, 2.75) is 20.0 Å². The molecule has 9 heteroatoms. The Morgan fingerprint density at radius 3 is 2.62 bits per heavy atom. The van der Waals surface area contributed by atoms with E-state index in [1.54, 1.807) is 16.8 Å². The number of nitrogens with zero attached hydrogens (tertiary/aromatic N) is 5. The number of rotatable bonds is 9. The molecular weight excluding hydrogens is 411 g/mol. The summed E-state index contributed by atoms with van der Waals surface area (Å²) in [4.78, 5) is 15.2. The Morgan fingerprint density at radius 2 is 2.00 bits per heavy atom. The Bertz CT molecular complexity index is 1180. The minimum atomic E-state index is -0.422. The zero-order chi connectivity index (χ0) is 23.3. The molecule has 1 N–H and O–H groups in total. The van der Waals surface area contributed by atoms with E-state index in [1.807, 2.05) is 50.2 Å². The van der Waals surface area contributed by atoms with Gasteiger partial charge in [0.25, 0.3) is 0 Å². The lowest BCUT2D eigenvalue weighted by atomic mass is 10.1. The van der Waals surface area contributed by atoms with Crippen LogP contribution in [0.15, 0.2) is 58.6 Å². The molecule has 2 aromatic carbocycles. The monoisotopic (exact) mass is 438 g/mol. The fourth-order valence-electron chi connectivity index (χ4n) is 3.27. The number of methoxy groups -OCH3 is 1. The summed E-state index contributed by atoms with van der Waals surface area (Å²) < 4.78 is 22.0. The van der Waals surface area contributed by atoms with Gasteiger partial charge in [-0.3, -0.25) is 9.99 Å². The second-order valence-electron chi connectivity index (χ2n) is 7.60. The molecule has 32 heavy (non-hydrogen) atoms. The first-order valence-corrected chi connectivity index (χ1v) is 9.98. The van der Waals surface area contributed by atoms with Crippen molar-refractivity contribution in [3.8, 4) is 11.4 Å². The SMILES string of the molecule is C=NN/C=C(\C)c1ccc(-n2nc(CN(C)C)n(Cc3cc(F)cc(OC)c3)c2=O)cc1. The lowest BCUT2D eigenvalue weighted by molar-refractivity contribution is 0.380. The summed E-state index contributed by atoms with van der Waals surface area (Å²) in [5.74, 6) is 0.550. The van der Waals surface area contributed by atoms with E-state index in [4.69, 9.17) is 4.74 Å². The first-order chi connectivity index (χ1) is 15.3. The van der Waals surface area contributed by atoms with E-state index in [0.717, 1.165) is 11.1 Å². The molecule has 0 saturated carbocycles. The lowest BCUT2D eigenvalue weighted by Crippen LogP contribution is -2.26. The summed E-state index contributed by atoms with van der Waals surface area (Å²) >= 11 is 0. The van der Waals surface area contributed by atoms with Gasteiger partial charge in [0.2, 0.25) is 0 Å². The smallest absolute Gasteiger partial charge is 0.351 e. The van der Waals surface area contributed by atoms with Crippen molar-refractivity contribution < 1.29 is 9.13 Å². The van der Waals surface area contributed by atoms with Crippen LogP contribution < -0.4 is 15.9 Å². The predicted molar refractivity (Wildman–Crippen MR) is 124 cm³/mol. The number of hydrogen-bond donors (Lipinski definition) is 1. The van der Waals surface area contributed by atoms with Crippen LogP contribution in [-0.4, -0.2) is 47.2 Å². The molecule has 168 valence electrons. The maximum absolute atomic E-state index is 14.0. The van der Waals surface area contributed by atoms with Crippen LogP contribution in [0.5, 0.6) is 5.75 Å². The summed E-state index contributed by atoms with van der Waals surface area (Å²) in [6.45, 7) is 5.95. The van der Waals surface area contributed by atoms with Crippen LogP contribution in [0.3, 0.4) is 0 Å². The fraction of sp³-hybridized carbons (Fsp3) is 0.261. The van der Waals surface area contributed by atoms with Crippen molar-refractivity contribution in [2.75, 3.05) is 21.2 Å². The van der Waals surface area contributed by atoms with Gasteiger partial charge in [0, 0.05) is 19.0 Å². The minimum absolute atomic E-state index is 0.177. The van der Waals surface area contributed by atoms with Gasteiger partial charge in [-0.05, 0) is 62.0 Å². The summed E-state index contributed by atoms with van der Waals surface area (Å²) in [5, 5.41) is 8.15. The van der Waals surface area contributed by atoms with Crippen LogP contribution in [0.4, 0.5) is 4.39 Å². The number of allylic oxidation sites excluding steroid dienone is 1. The van der Waals surface area contributed by atoms with Crippen LogP contribution >= 0.6 is 0 Å². The number of aromatic nitrogens is 3. The van der Waals surface area contributed by atoms with Gasteiger partial charge in [-0.2, -0.15) is 9.78 Å². The van der Waals surface area contributed by atoms with Crippen molar-refractivity contribution in [3.63, 3.8) is 0 Å². The Labute approximate surface area is 186 Å². The standard InChI is InChI=1S/C23H27FN6O2/c1-16(13-26-25-2)18-6-8-20(9-7-18)30-23(31)29(22(27-30)15-28(3)4)14-17-10-19(24)12-21(11-17)32-5/h6-13,26H,2,14-15H2,1,3-5H3/b16-13+. The second-order valence-corrected chi connectivity index (χ2v) is 7.60. The third kappa shape index (κ3) is 5.30. The van der Waals surface area contributed by atoms with Crippen LogP contribution in [0, 0.1) is 5.82 Å². The van der Waals surface area contributed by atoms with E-state index in [-0.39, 0.29) is 12.2 Å². The van der Waals surface area contributed by atoms with E-state index in [9.17, 15) is 9.18 Å². The molecule has 0 amide bonds. The molecular formula is C23H27FN6O2. The molecule has 1 aromatic heterocycles. The molecule has 0 unspecified atom stereocenters. The number of nitrogens with one attached hydrogen (secondary N) is 1. The van der Waals surface area contributed by atoms with Crippen LogP contribution in [0.1, 0.15) is 23.9 Å². The Kier molecular flexibility index (Phi) is 7.21. The highest BCUT2D eigenvalue weighted by Crippen LogP contribution is 2.18. The molecule has 1 heterocycles. The van der Waals surface area contributed by atoms with Crippen molar-refractivity contribution >= 4 is 12.3 Å².